The number of rotatable bonds is 6. The molecule has 1 heterocycles. The third kappa shape index (κ3) is 5.17. The van der Waals surface area contributed by atoms with E-state index in [-0.39, 0.29) is 40.4 Å². The van der Waals surface area contributed by atoms with E-state index in [1.165, 1.54) is 42.8 Å². The van der Waals surface area contributed by atoms with Gasteiger partial charge in [0.25, 0.3) is 0 Å². The zero-order valence-electron chi connectivity index (χ0n) is 17.1. The van der Waals surface area contributed by atoms with Crippen LogP contribution in [0.4, 0.5) is 5.69 Å². The SMILES string of the molecule is COC(=O)c1cc(NC(=O)C2CCN(S(=O)(=O)c3ccc(OC)cc3)CC2)ccc1Cl. The summed E-state index contributed by atoms with van der Waals surface area (Å²) < 4.78 is 36.8. The van der Waals surface area contributed by atoms with Crippen molar-refractivity contribution in [1.29, 1.82) is 0 Å². The predicted octanol–water partition coefficient (Wildman–Crippen LogP) is 3.17. The van der Waals surface area contributed by atoms with Gasteiger partial charge in [0.2, 0.25) is 15.9 Å². The fraction of sp³-hybridized carbons (Fsp3) is 0.333. The molecule has 3 rings (SSSR count). The Kier molecular flexibility index (Phi) is 7.19. The van der Waals surface area contributed by atoms with Gasteiger partial charge in [-0.05, 0) is 55.3 Å². The Hall–Kier alpha value is -2.62. The first-order valence-corrected chi connectivity index (χ1v) is 11.4. The molecule has 1 aliphatic heterocycles. The molecule has 1 fully saturated rings. The fourth-order valence-electron chi connectivity index (χ4n) is 3.37. The van der Waals surface area contributed by atoms with Crippen LogP contribution in [0.25, 0.3) is 0 Å². The summed E-state index contributed by atoms with van der Waals surface area (Å²) in [5.41, 5.74) is 0.574. The van der Waals surface area contributed by atoms with E-state index in [2.05, 4.69) is 10.1 Å². The van der Waals surface area contributed by atoms with Crippen LogP contribution >= 0.6 is 11.6 Å². The van der Waals surface area contributed by atoms with Gasteiger partial charge in [0, 0.05) is 24.7 Å². The zero-order valence-corrected chi connectivity index (χ0v) is 18.7. The highest BCUT2D eigenvalue weighted by molar-refractivity contribution is 7.89. The molecule has 2 aromatic carbocycles. The van der Waals surface area contributed by atoms with Crippen molar-refractivity contribution in [3.05, 3.63) is 53.1 Å². The lowest BCUT2D eigenvalue weighted by Gasteiger charge is -2.30. The smallest absolute Gasteiger partial charge is 0.339 e. The molecule has 166 valence electrons. The summed E-state index contributed by atoms with van der Waals surface area (Å²) >= 11 is 6.00. The highest BCUT2D eigenvalue weighted by Gasteiger charge is 2.32. The minimum atomic E-state index is -3.64. The van der Waals surface area contributed by atoms with Gasteiger partial charge in [0.1, 0.15) is 5.75 Å². The van der Waals surface area contributed by atoms with E-state index in [9.17, 15) is 18.0 Å². The molecule has 31 heavy (non-hydrogen) atoms. The minimum absolute atomic E-state index is 0.155. The van der Waals surface area contributed by atoms with Gasteiger partial charge in [0.05, 0.1) is 29.7 Å². The Morgan fingerprint density at radius 1 is 1.06 bits per heavy atom. The van der Waals surface area contributed by atoms with Crippen LogP contribution in [0.3, 0.4) is 0 Å². The van der Waals surface area contributed by atoms with Crippen LogP contribution in [0.2, 0.25) is 5.02 Å². The number of piperidine rings is 1. The van der Waals surface area contributed by atoms with Crippen molar-refractivity contribution < 1.29 is 27.5 Å². The zero-order chi connectivity index (χ0) is 22.6. The third-order valence-corrected chi connectivity index (χ3v) is 7.40. The Morgan fingerprint density at radius 2 is 1.71 bits per heavy atom. The number of hydrogen-bond donors (Lipinski definition) is 1. The summed E-state index contributed by atoms with van der Waals surface area (Å²) in [6, 6.07) is 10.8. The maximum absolute atomic E-state index is 12.8. The summed E-state index contributed by atoms with van der Waals surface area (Å²) in [6.45, 7) is 0.473. The number of methoxy groups -OCH3 is 2. The van der Waals surface area contributed by atoms with Crippen LogP contribution in [0.5, 0.6) is 5.75 Å². The molecule has 0 spiro atoms. The molecule has 8 nitrogen and oxygen atoms in total. The molecule has 0 saturated carbocycles. The molecule has 0 unspecified atom stereocenters. The number of esters is 1. The molecule has 1 saturated heterocycles. The largest absolute Gasteiger partial charge is 0.497 e. The van der Waals surface area contributed by atoms with E-state index in [0.29, 0.717) is 24.3 Å². The van der Waals surface area contributed by atoms with Gasteiger partial charge in [-0.25, -0.2) is 13.2 Å². The molecular weight excluding hydrogens is 444 g/mol. The molecule has 0 aliphatic carbocycles. The first-order chi connectivity index (χ1) is 14.8. The number of halogens is 1. The van der Waals surface area contributed by atoms with Crippen LogP contribution in [0, 0.1) is 5.92 Å². The Morgan fingerprint density at radius 3 is 2.29 bits per heavy atom. The molecule has 0 bridgehead atoms. The fourth-order valence-corrected chi connectivity index (χ4v) is 5.03. The number of sulfonamides is 1. The molecular formula is C21H23ClN2O6S. The van der Waals surface area contributed by atoms with Crippen LogP contribution in [-0.2, 0) is 19.6 Å². The summed E-state index contributed by atoms with van der Waals surface area (Å²) in [6.07, 6.45) is 0.775. The topological polar surface area (TPSA) is 102 Å². The molecule has 1 amide bonds. The highest BCUT2D eigenvalue weighted by atomic mass is 35.5. The van der Waals surface area contributed by atoms with Crippen LogP contribution in [0.15, 0.2) is 47.4 Å². The number of anilines is 1. The standard InChI is InChI=1S/C21H23ClN2O6S/c1-29-16-4-6-17(7-5-16)31(27,28)24-11-9-14(10-12-24)20(25)23-15-3-8-19(22)18(13-15)21(26)30-2/h3-8,13-14H,9-12H2,1-2H3,(H,23,25). The minimum Gasteiger partial charge on any atom is -0.497 e. The van der Waals surface area contributed by atoms with Gasteiger partial charge < -0.3 is 14.8 Å². The third-order valence-electron chi connectivity index (χ3n) is 5.16. The first-order valence-electron chi connectivity index (χ1n) is 9.59. The van der Waals surface area contributed by atoms with E-state index in [1.807, 2.05) is 0 Å². The van der Waals surface area contributed by atoms with Gasteiger partial charge >= 0.3 is 5.97 Å². The lowest BCUT2D eigenvalue weighted by atomic mass is 9.97. The molecule has 0 aromatic heterocycles. The van der Waals surface area contributed by atoms with Crippen molar-refractivity contribution in [3.8, 4) is 5.75 Å². The molecule has 0 atom stereocenters. The van der Waals surface area contributed by atoms with Crippen molar-refractivity contribution in [2.45, 2.75) is 17.7 Å². The van der Waals surface area contributed by atoms with Crippen LogP contribution < -0.4 is 10.1 Å². The number of ether oxygens (including phenoxy) is 2. The van der Waals surface area contributed by atoms with Gasteiger partial charge in [-0.2, -0.15) is 4.31 Å². The summed E-state index contributed by atoms with van der Waals surface area (Å²) in [4.78, 5) is 24.6. The Labute approximate surface area is 186 Å². The monoisotopic (exact) mass is 466 g/mol. The lowest BCUT2D eigenvalue weighted by Crippen LogP contribution is -2.41. The number of hydrogen-bond acceptors (Lipinski definition) is 6. The number of carbonyl (C=O) groups excluding carboxylic acids is 2. The second-order valence-electron chi connectivity index (χ2n) is 7.03. The Balaban J connectivity index is 1.62. The first kappa shape index (κ1) is 23.1. The van der Waals surface area contributed by atoms with Crippen molar-refractivity contribution in [1.82, 2.24) is 4.31 Å². The molecule has 1 N–H and O–H groups in total. The van der Waals surface area contributed by atoms with Gasteiger partial charge in [0.15, 0.2) is 0 Å². The van der Waals surface area contributed by atoms with E-state index in [0.717, 1.165) is 0 Å². The van der Waals surface area contributed by atoms with Crippen molar-refractivity contribution >= 4 is 39.2 Å². The average molecular weight is 467 g/mol. The van der Waals surface area contributed by atoms with Gasteiger partial charge in [-0.3, -0.25) is 4.79 Å². The molecule has 0 radical (unpaired) electrons. The number of nitrogens with one attached hydrogen (secondary N) is 1. The lowest BCUT2D eigenvalue weighted by molar-refractivity contribution is -0.120. The quantitative estimate of drug-likeness (QED) is 0.656. The normalized spacial score (nSPS) is 15.3. The summed E-state index contributed by atoms with van der Waals surface area (Å²) in [5, 5.41) is 2.99. The maximum Gasteiger partial charge on any atom is 0.339 e. The molecule has 1 aliphatic rings. The van der Waals surface area contributed by atoms with Crippen molar-refractivity contribution in [3.63, 3.8) is 0 Å². The van der Waals surface area contributed by atoms with E-state index >= 15 is 0 Å². The van der Waals surface area contributed by atoms with E-state index in [4.69, 9.17) is 16.3 Å². The van der Waals surface area contributed by atoms with Crippen LogP contribution in [0.1, 0.15) is 23.2 Å². The number of amides is 1. The average Bonchev–Trinajstić information content (AvgIpc) is 2.79. The predicted molar refractivity (Wildman–Crippen MR) is 116 cm³/mol. The van der Waals surface area contributed by atoms with E-state index in [1.54, 1.807) is 18.2 Å². The van der Waals surface area contributed by atoms with Crippen LogP contribution in [-0.4, -0.2) is 51.9 Å². The second-order valence-corrected chi connectivity index (χ2v) is 9.37. The molecule has 2 aromatic rings. The van der Waals surface area contributed by atoms with Gasteiger partial charge in [-0.1, -0.05) is 11.6 Å². The number of nitrogens with zero attached hydrogens (tertiary/aromatic N) is 1. The Bertz CT molecular complexity index is 1060. The maximum atomic E-state index is 12.8. The second kappa shape index (κ2) is 9.67. The number of benzene rings is 2. The van der Waals surface area contributed by atoms with Crippen molar-refractivity contribution in [2.24, 2.45) is 5.92 Å². The summed E-state index contributed by atoms with van der Waals surface area (Å²) in [5.74, 6) is -0.607. The highest BCUT2D eigenvalue weighted by Crippen LogP contribution is 2.27. The van der Waals surface area contributed by atoms with Crippen molar-refractivity contribution in [2.75, 3.05) is 32.6 Å². The van der Waals surface area contributed by atoms with Gasteiger partial charge in [-0.15, -0.1) is 0 Å². The van der Waals surface area contributed by atoms with E-state index < -0.39 is 16.0 Å². The number of carbonyl (C=O) groups is 2. The summed E-state index contributed by atoms with van der Waals surface area (Å²) in [7, 11) is -0.877. The molecule has 10 heteroatoms.